The van der Waals surface area contributed by atoms with E-state index in [1.807, 2.05) is 0 Å². The second kappa shape index (κ2) is 7.59. The van der Waals surface area contributed by atoms with Crippen molar-refractivity contribution in [3.8, 4) is 0 Å². The van der Waals surface area contributed by atoms with Crippen LogP contribution in [-0.2, 0) is 22.1 Å². The highest BCUT2D eigenvalue weighted by atomic mass is 32.2. The van der Waals surface area contributed by atoms with Gasteiger partial charge in [-0.3, -0.25) is 4.79 Å². The molecule has 1 aliphatic rings. The van der Waals surface area contributed by atoms with Gasteiger partial charge in [0, 0.05) is 12.0 Å². The molecule has 150 valence electrons. The molecule has 10 heteroatoms. The van der Waals surface area contributed by atoms with Crippen molar-refractivity contribution in [3.63, 3.8) is 0 Å². The van der Waals surface area contributed by atoms with Gasteiger partial charge in [-0.25, -0.2) is 4.79 Å². The average molecular weight is 415 g/mol. The van der Waals surface area contributed by atoms with Gasteiger partial charge in [-0.1, -0.05) is 5.16 Å². The summed E-state index contributed by atoms with van der Waals surface area (Å²) in [4.78, 5) is 25.0. The van der Waals surface area contributed by atoms with Crippen molar-refractivity contribution in [2.45, 2.75) is 36.8 Å². The predicted molar refractivity (Wildman–Crippen MR) is 91.6 cm³/mol. The molecular weight excluding hydrogens is 399 g/mol. The third kappa shape index (κ3) is 3.93. The van der Waals surface area contributed by atoms with Crippen molar-refractivity contribution in [1.82, 2.24) is 5.16 Å². The number of carbonyl (C=O) groups excluding carboxylic acids is 2. The molecule has 1 saturated carbocycles. The average Bonchev–Trinajstić information content (AvgIpc) is 3.38. The minimum Gasteiger partial charge on any atom is -0.612 e. The highest BCUT2D eigenvalue weighted by molar-refractivity contribution is 7.90. The van der Waals surface area contributed by atoms with Gasteiger partial charge in [-0.2, -0.15) is 13.2 Å². The zero-order valence-corrected chi connectivity index (χ0v) is 15.8. The maximum Gasteiger partial charge on any atom is 0.416 e. The highest BCUT2D eigenvalue weighted by Gasteiger charge is 2.39. The first-order valence-corrected chi connectivity index (χ1v) is 9.97. The van der Waals surface area contributed by atoms with E-state index in [9.17, 15) is 27.3 Å². The van der Waals surface area contributed by atoms with Crippen molar-refractivity contribution in [2.24, 2.45) is 0 Å². The van der Waals surface area contributed by atoms with Crippen molar-refractivity contribution in [1.29, 1.82) is 0 Å². The molecular formula is C18H16F3NO5S. The van der Waals surface area contributed by atoms with Gasteiger partial charge in [0.1, 0.15) is 11.8 Å². The number of nitrogens with zero attached hydrogens (tertiary/aromatic N) is 1. The smallest absolute Gasteiger partial charge is 0.416 e. The van der Waals surface area contributed by atoms with E-state index in [1.165, 1.54) is 6.26 Å². The molecule has 0 spiro atoms. The first-order valence-electron chi connectivity index (χ1n) is 8.41. The van der Waals surface area contributed by atoms with Crippen LogP contribution >= 0.6 is 0 Å². The van der Waals surface area contributed by atoms with Gasteiger partial charge >= 0.3 is 12.1 Å². The number of rotatable bonds is 6. The monoisotopic (exact) mass is 415 g/mol. The second-order valence-electron chi connectivity index (χ2n) is 6.26. The van der Waals surface area contributed by atoms with Crippen molar-refractivity contribution >= 4 is 22.9 Å². The molecule has 0 radical (unpaired) electrons. The minimum absolute atomic E-state index is 0.0442. The Labute approximate surface area is 161 Å². The molecule has 0 aliphatic heterocycles. The van der Waals surface area contributed by atoms with Gasteiger partial charge in [0.05, 0.1) is 17.7 Å². The first-order chi connectivity index (χ1) is 13.1. The van der Waals surface area contributed by atoms with Crippen LogP contribution in [0.5, 0.6) is 0 Å². The fraction of sp³-hybridized carbons (Fsp3) is 0.389. The molecule has 0 saturated heterocycles. The number of ether oxygens (including phenoxy) is 1. The van der Waals surface area contributed by atoms with Crippen molar-refractivity contribution in [2.75, 3.05) is 12.9 Å². The summed E-state index contributed by atoms with van der Waals surface area (Å²) in [6, 6.07) is 2.37. The maximum absolute atomic E-state index is 13.2. The molecule has 1 heterocycles. The normalized spacial score (nSPS) is 15.4. The van der Waals surface area contributed by atoms with E-state index in [1.54, 1.807) is 6.92 Å². The van der Waals surface area contributed by atoms with Crippen LogP contribution in [0.1, 0.15) is 63.4 Å². The Morgan fingerprint density at radius 3 is 2.57 bits per heavy atom. The topological polar surface area (TPSA) is 92.5 Å². The number of esters is 1. The molecule has 1 fully saturated rings. The summed E-state index contributed by atoms with van der Waals surface area (Å²) >= 11 is -1.88. The Hall–Kier alpha value is -2.33. The Kier molecular flexibility index (Phi) is 5.53. The van der Waals surface area contributed by atoms with E-state index in [0.29, 0.717) is 6.07 Å². The molecule has 2 aromatic rings. The largest absolute Gasteiger partial charge is 0.612 e. The molecule has 1 aromatic carbocycles. The SMILES string of the molecule is CCOC(=O)c1noc(C2CC2)c1C(=O)c1ccc(C(F)(F)F)cc1[S+](C)[O-]. The van der Waals surface area contributed by atoms with E-state index < -0.39 is 34.7 Å². The van der Waals surface area contributed by atoms with Gasteiger partial charge in [-0.05, 0) is 43.1 Å². The van der Waals surface area contributed by atoms with Crippen LogP contribution in [-0.4, -0.2) is 34.3 Å². The van der Waals surface area contributed by atoms with E-state index in [4.69, 9.17) is 9.26 Å². The number of alkyl halides is 3. The standard InChI is InChI=1S/C18H16F3NO5S/c1-3-26-17(24)14-13(16(27-22-14)9-4-5-9)15(23)11-7-6-10(18(19,20)21)8-12(11)28(2)25/h6-9H,3-5H2,1-2H3. The van der Waals surface area contributed by atoms with Gasteiger partial charge in [0.25, 0.3) is 0 Å². The van der Waals surface area contributed by atoms with Crippen molar-refractivity contribution < 1.29 is 36.6 Å². The van der Waals surface area contributed by atoms with Gasteiger partial charge in [-0.15, -0.1) is 0 Å². The lowest BCUT2D eigenvalue weighted by atomic mass is 9.98. The molecule has 1 aliphatic carbocycles. The molecule has 1 atom stereocenters. The first kappa shape index (κ1) is 20.4. The lowest BCUT2D eigenvalue weighted by molar-refractivity contribution is -0.137. The van der Waals surface area contributed by atoms with Crippen LogP contribution < -0.4 is 0 Å². The van der Waals surface area contributed by atoms with Gasteiger partial charge < -0.3 is 13.8 Å². The Balaban J connectivity index is 2.12. The predicted octanol–water partition coefficient (Wildman–Crippen LogP) is 3.72. The summed E-state index contributed by atoms with van der Waals surface area (Å²) < 4.78 is 61.1. The summed E-state index contributed by atoms with van der Waals surface area (Å²) in [6.07, 6.45) is -2.01. The van der Waals surface area contributed by atoms with E-state index >= 15 is 0 Å². The summed E-state index contributed by atoms with van der Waals surface area (Å²) in [5.74, 6) is -1.54. The number of benzene rings is 1. The number of ketones is 1. The zero-order chi connectivity index (χ0) is 20.6. The number of hydrogen-bond acceptors (Lipinski definition) is 6. The molecule has 6 nitrogen and oxygen atoms in total. The molecule has 0 amide bonds. The molecule has 0 bridgehead atoms. The Morgan fingerprint density at radius 2 is 2.04 bits per heavy atom. The van der Waals surface area contributed by atoms with Gasteiger partial charge in [0.2, 0.25) is 11.5 Å². The number of carbonyl (C=O) groups is 2. The van der Waals surface area contributed by atoms with Gasteiger partial charge in [0.15, 0.2) is 10.7 Å². The van der Waals surface area contributed by atoms with Crippen LogP contribution in [0.15, 0.2) is 27.6 Å². The zero-order valence-electron chi connectivity index (χ0n) is 15.0. The third-order valence-electron chi connectivity index (χ3n) is 4.23. The van der Waals surface area contributed by atoms with Crippen LogP contribution in [0.4, 0.5) is 13.2 Å². The molecule has 28 heavy (non-hydrogen) atoms. The summed E-state index contributed by atoms with van der Waals surface area (Å²) in [7, 11) is 0. The van der Waals surface area contributed by atoms with Crippen LogP contribution in [0.25, 0.3) is 0 Å². The van der Waals surface area contributed by atoms with Crippen LogP contribution in [0.2, 0.25) is 0 Å². The fourth-order valence-electron chi connectivity index (χ4n) is 2.74. The Morgan fingerprint density at radius 1 is 1.36 bits per heavy atom. The Bertz CT molecular complexity index is 918. The lowest BCUT2D eigenvalue weighted by Crippen LogP contribution is -2.17. The quantitative estimate of drug-likeness (QED) is 0.406. The minimum atomic E-state index is -4.65. The maximum atomic E-state index is 13.2. The number of halogens is 3. The van der Waals surface area contributed by atoms with Crippen molar-refractivity contribution in [3.05, 3.63) is 46.3 Å². The molecule has 0 N–H and O–H groups in total. The number of hydrogen-bond donors (Lipinski definition) is 0. The van der Waals surface area contributed by atoms with E-state index in [-0.39, 0.29) is 40.0 Å². The third-order valence-corrected chi connectivity index (χ3v) is 5.18. The number of aromatic nitrogens is 1. The molecule has 1 unspecified atom stereocenters. The van der Waals surface area contributed by atoms with Crippen LogP contribution in [0.3, 0.4) is 0 Å². The highest BCUT2D eigenvalue weighted by Crippen LogP contribution is 2.43. The van der Waals surface area contributed by atoms with E-state index in [2.05, 4.69) is 5.16 Å². The molecule has 3 rings (SSSR count). The lowest BCUT2D eigenvalue weighted by Gasteiger charge is -2.13. The summed E-state index contributed by atoms with van der Waals surface area (Å²) in [5.41, 5.74) is -1.70. The summed E-state index contributed by atoms with van der Waals surface area (Å²) in [6.45, 7) is 1.62. The summed E-state index contributed by atoms with van der Waals surface area (Å²) in [5, 5.41) is 3.65. The van der Waals surface area contributed by atoms with E-state index in [0.717, 1.165) is 25.0 Å². The second-order valence-corrected chi connectivity index (χ2v) is 7.61. The fourth-order valence-corrected chi connectivity index (χ4v) is 3.51. The molecule has 1 aromatic heterocycles. The van der Waals surface area contributed by atoms with Crippen LogP contribution in [0, 0.1) is 0 Å².